The molecule has 0 radical (unpaired) electrons. The molecule has 2 rings (SSSR count). The predicted molar refractivity (Wildman–Crippen MR) is 67.9 cm³/mol. The van der Waals surface area contributed by atoms with E-state index < -0.39 is 4.92 Å². The third-order valence-electron chi connectivity index (χ3n) is 2.94. The number of hydrogen-bond donors (Lipinski definition) is 1. The van der Waals surface area contributed by atoms with Crippen LogP contribution in [-0.4, -0.2) is 29.7 Å². The van der Waals surface area contributed by atoms with E-state index in [4.69, 9.17) is 16.3 Å². The topological polar surface area (TPSA) is 77.3 Å². The molecule has 1 aliphatic heterocycles. The second-order valence-corrected chi connectivity index (χ2v) is 4.62. The molecule has 18 heavy (non-hydrogen) atoms. The summed E-state index contributed by atoms with van der Waals surface area (Å²) >= 11 is 5.94. The van der Waals surface area contributed by atoms with Gasteiger partial charge >= 0.3 is 0 Å². The molecular formula is C11H14ClN3O3. The number of nitrogens with zero attached hydrogens (tertiary/aromatic N) is 2. The van der Waals surface area contributed by atoms with E-state index in [0.29, 0.717) is 11.7 Å². The Morgan fingerprint density at radius 3 is 2.89 bits per heavy atom. The van der Waals surface area contributed by atoms with Crippen molar-refractivity contribution in [1.82, 2.24) is 4.98 Å². The molecule has 0 atom stereocenters. The number of pyridine rings is 1. The quantitative estimate of drug-likeness (QED) is 0.672. The zero-order chi connectivity index (χ0) is 13.0. The van der Waals surface area contributed by atoms with Crippen LogP contribution in [0.2, 0.25) is 5.02 Å². The number of aromatic nitrogens is 1. The minimum absolute atomic E-state index is 0.100. The summed E-state index contributed by atoms with van der Waals surface area (Å²) in [6.07, 6.45) is 3.23. The van der Waals surface area contributed by atoms with Crippen LogP contribution in [0.4, 0.5) is 11.5 Å². The maximum absolute atomic E-state index is 10.5. The fraction of sp³-hybridized carbons (Fsp3) is 0.545. The van der Waals surface area contributed by atoms with E-state index in [1.54, 1.807) is 0 Å². The van der Waals surface area contributed by atoms with Gasteiger partial charge in [-0.3, -0.25) is 10.1 Å². The molecular weight excluding hydrogens is 258 g/mol. The van der Waals surface area contributed by atoms with Gasteiger partial charge in [0.2, 0.25) is 0 Å². The highest BCUT2D eigenvalue weighted by atomic mass is 35.5. The Kier molecular flexibility index (Phi) is 4.33. The Morgan fingerprint density at radius 1 is 1.56 bits per heavy atom. The highest BCUT2D eigenvalue weighted by Gasteiger charge is 2.15. The van der Waals surface area contributed by atoms with Gasteiger partial charge < -0.3 is 10.1 Å². The minimum atomic E-state index is -0.513. The third-order valence-corrected chi connectivity index (χ3v) is 3.22. The highest BCUT2D eigenvalue weighted by Crippen LogP contribution is 2.24. The first kappa shape index (κ1) is 13.0. The summed E-state index contributed by atoms with van der Waals surface area (Å²) in [6, 6.07) is 1.31. The Balaban J connectivity index is 1.94. The summed E-state index contributed by atoms with van der Waals surface area (Å²) < 4.78 is 5.27. The second kappa shape index (κ2) is 5.97. The molecule has 7 heteroatoms. The summed E-state index contributed by atoms with van der Waals surface area (Å²) in [4.78, 5) is 14.0. The monoisotopic (exact) mass is 271 g/mol. The van der Waals surface area contributed by atoms with Crippen LogP contribution in [-0.2, 0) is 4.74 Å². The molecule has 1 saturated heterocycles. The van der Waals surface area contributed by atoms with Gasteiger partial charge in [-0.2, -0.15) is 0 Å². The van der Waals surface area contributed by atoms with Crippen molar-refractivity contribution in [2.24, 2.45) is 5.92 Å². The fourth-order valence-corrected chi connectivity index (χ4v) is 2.08. The Hall–Kier alpha value is -1.40. The van der Waals surface area contributed by atoms with Gasteiger partial charge in [-0.15, -0.1) is 0 Å². The van der Waals surface area contributed by atoms with Crippen LogP contribution in [0.25, 0.3) is 0 Å². The summed E-state index contributed by atoms with van der Waals surface area (Å²) in [5.41, 5.74) is -0.100. The molecule has 0 spiro atoms. The number of rotatable bonds is 4. The lowest BCUT2D eigenvalue weighted by Gasteiger charge is -2.22. The summed E-state index contributed by atoms with van der Waals surface area (Å²) in [5, 5.41) is 13.9. The number of nitrogens with one attached hydrogen (secondary N) is 1. The van der Waals surface area contributed by atoms with Crippen molar-refractivity contribution in [2.45, 2.75) is 12.8 Å². The van der Waals surface area contributed by atoms with Crippen molar-refractivity contribution < 1.29 is 9.66 Å². The molecule has 2 heterocycles. The maximum atomic E-state index is 10.5. The van der Waals surface area contributed by atoms with Gasteiger partial charge in [0, 0.05) is 25.8 Å². The molecule has 0 bridgehead atoms. The molecule has 98 valence electrons. The van der Waals surface area contributed by atoms with Gasteiger partial charge in [-0.05, 0) is 18.8 Å². The molecule has 1 aromatic heterocycles. The highest BCUT2D eigenvalue weighted by molar-refractivity contribution is 6.33. The first-order valence-corrected chi connectivity index (χ1v) is 6.16. The number of halogens is 1. The first-order valence-electron chi connectivity index (χ1n) is 5.78. The van der Waals surface area contributed by atoms with Gasteiger partial charge in [0.1, 0.15) is 12.0 Å². The van der Waals surface area contributed by atoms with Crippen LogP contribution in [0, 0.1) is 16.0 Å². The second-order valence-electron chi connectivity index (χ2n) is 4.22. The molecule has 0 unspecified atom stereocenters. The van der Waals surface area contributed by atoms with E-state index in [2.05, 4.69) is 10.3 Å². The van der Waals surface area contributed by atoms with Crippen LogP contribution in [0.15, 0.2) is 12.3 Å². The van der Waals surface area contributed by atoms with Crippen molar-refractivity contribution in [3.05, 3.63) is 27.4 Å². The van der Waals surface area contributed by atoms with E-state index in [1.807, 2.05) is 0 Å². The minimum Gasteiger partial charge on any atom is -0.381 e. The average molecular weight is 272 g/mol. The molecule has 1 N–H and O–H groups in total. The Bertz CT molecular complexity index is 436. The van der Waals surface area contributed by atoms with E-state index >= 15 is 0 Å². The molecule has 1 fully saturated rings. The molecule has 0 aromatic carbocycles. The normalized spacial score (nSPS) is 16.5. The summed E-state index contributed by atoms with van der Waals surface area (Å²) in [6.45, 7) is 2.33. The zero-order valence-corrected chi connectivity index (χ0v) is 10.5. The molecule has 1 aromatic rings. The largest absolute Gasteiger partial charge is 0.381 e. The van der Waals surface area contributed by atoms with E-state index in [9.17, 15) is 10.1 Å². The fourth-order valence-electron chi connectivity index (χ4n) is 1.85. The van der Waals surface area contributed by atoms with Gasteiger partial charge in [0.25, 0.3) is 5.69 Å². The summed E-state index contributed by atoms with van der Waals surface area (Å²) in [7, 11) is 0. The van der Waals surface area contributed by atoms with Gasteiger partial charge in [-0.1, -0.05) is 11.6 Å². The standard InChI is InChI=1S/C11H14ClN3O3/c12-10-5-9(15(16)17)7-14-11(10)13-6-8-1-3-18-4-2-8/h5,7-8H,1-4,6H2,(H,13,14). The smallest absolute Gasteiger partial charge is 0.289 e. The number of anilines is 1. The summed E-state index contributed by atoms with van der Waals surface area (Å²) in [5.74, 6) is 1.03. The van der Waals surface area contributed by atoms with E-state index in [1.165, 1.54) is 12.3 Å². The maximum Gasteiger partial charge on any atom is 0.289 e. The average Bonchev–Trinajstić information content (AvgIpc) is 2.38. The Labute approximate surface area is 109 Å². The van der Waals surface area contributed by atoms with Crippen molar-refractivity contribution >= 4 is 23.1 Å². The van der Waals surface area contributed by atoms with Gasteiger partial charge in [0.05, 0.1) is 9.95 Å². The van der Waals surface area contributed by atoms with Crippen molar-refractivity contribution in [2.75, 3.05) is 25.1 Å². The number of ether oxygens (including phenoxy) is 1. The van der Waals surface area contributed by atoms with Crippen molar-refractivity contribution in [1.29, 1.82) is 0 Å². The lowest BCUT2D eigenvalue weighted by molar-refractivity contribution is -0.385. The van der Waals surface area contributed by atoms with Crippen molar-refractivity contribution in [3.63, 3.8) is 0 Å². The number of hydrogen-bond acceptors (Lipinski definition) is 5. The Morgan fingerprint density at radius 2 is 2.28 bits per heavy atom. The van der Waals surface area contributed by atoms with Gasteiger partial charge in [0.15, 0.2) is 0 Å². The van der Waals surface area contributed by atoms with Crippen LogP contribution in [0.3, 0.4) is 0 Å². The van der Waals surface area contributed by atoms with Gasteiger partial charge in [-0.25, -0.2) is 4.98 Å². The van der Waals surface area contributed by atoms with Crippen LogP contribution < -0.4 is 5.32 Å². The molecule has 0 aliphatic carbocycles. The zero-order valence-electron chi connectivity index (χ0n) is 9.76. The first-order chi connectivity index (χ1) is 8.66. The number of nitro groups is 1. The lowest BCUT2D eigenvalue weighted by Crippen LogP contribution is -2.23. The molecule has 0 amide bonds. The molecule has 1 aliphatic rings. The van der Waals surface area contributed by atoms with Crippen LogP contribution in [0.5, 0.6) is 0 Å². The predicted octanol–water partition coefficient (Wildman–Crippen LogP) is 2.48. The lowest BCUT2D eigenvalue weighted by atomic mass is 10.0. The van der Waals surface area contributed by atoms with Crippen molar-refractivity contribution in [3.8, 4) is 0 Å². The third kappa shape index (κ3) is 3.30. The SMILES string of the molecule is O=[N+]([O-])c1cnc(NCC2CCOCC2)c(Cl)c1. The van der Waals surface area contributed by atoms with Crippen LogP contribution >= 0.6 is 11.6 Å². The van der Waals surface area contributed by atoms with E-state index in [0.717, 1.165) is 32.6 Å². The van der Waals surface area contributed by atoms with Crippen LogP contribution in [0.1, 0.15) is 12.8 Å². The molecule has 6 nitrogen and oxygen atoms in total. The van der Waals surface area contributed by atoms with E-state index in [-0.39, 0.29) is 10.7 Å². The molecule has 0 saturated carbocycles.